The number of ether oxygens (including phenoxy) is 1. The topological polar surface area (TPSA) is 110 Å². The van der Waals surface area contributed by atoms with Gasteiger partial charge in [0.05, 0.1) is 6.61 Å². The van der Waals surface area contributed by atoms with Crippen LogP contribution >= 0.6 is 0 Å². The van der Waals surface area contributed by atoms with Crippen LogP contribution in [0, 0.1) is 0 Å². The number of sulfonamides is 1. The first kappa shape index (κ1) is 15.9. The van der Waals surface area contributed by atoms with E-state index in [0.29, 0.717) is 6.42 Å². The Morgan fingerprint density at radius 1 is 1.35 bits per heavy atom. The summed E-state index contributed by atoms with van der Waals surface area (Å²) in [7, 11) is -3.97. The van der Waals surface area contributed by atoms with Gasteiger partial charge in [0.15, 0.2) is 5.75 Å². The maximum absolute atomic E-state index is 11.4. The second kappa shape index (κ2) is 7.23. The van der Waals surface area contributed by atoms with Gasteiger partial charge >= 0.3 is 11.9 Å². The number of hydrogen-bond donors (Lipinski definition) is 2. The van der Waals surface area contributed by atoms with Crippen molar-refractivity contribution in [3.05, 3.63) is 0 Å². The number of carboxylic acid groups (broad SMARTS) is 1. The first-order chi connectivity index (χ1) is 7.82. The lowest BCUT2D eigenvalue weighted by Gasteiger charge is -2.13. The van der Waals surface area contributed by atoms with Gasteiger partial charge in [-0.15, -0.1) is 0 Å². The minimum absolute atomic E-state index is 0.0751. The SMILES string of the molecule is CCC[C@H](NS(=O)(=O)CC(=O)OCC)C(=O)O. The molecule has 100 valence electrons. The summed E-state index contributed by atoms with van der Waals surface area (Å²) in [5, 5.41) is 8.76. The molecular weight excluding hydrogens is 250 g/mol. The van der Waals surface area contributed by atoms with Gasteiger partial charge in [-0.3, -0.25) is 9.59 Å². The van der Waals surface area contributed by atoms with Gasteiger partial charge in [0.1, 0.15) is 6.04 Å². The molecule has 8 heteroatoms. The Labute approximate surface area is 100 Å². The summed E-state index contributed by atoms with van der Waals surface area (Å²) in [4.78, 5) is 21.7. The van der Waals surface area contributed by atoms with E-state index in [1.54, 1.807) is 13.8 Å². The van der Waals surface area contributed by atoms with Crippen molar-refractivity contribution in [3.63, 3.8) is 0 Å². The predicted octanol–water partition coefficient (Wildman–Crippen LogP) is -0.278. The molecule has 0 aliphatic rings. The molecule has 0 heterocycles. The van der Waals surface area contributed by atoms with Crippen LogP contribution in [-0.2, 0) is 24.3 Å². The van der Waals surface area contributed by atoms with E-state index in [-0.39, 0.29) is 13.0 Å². The molecule has 0 saturated heterocycles. The molecule has 0 saturated carbocycles. The Morgan fingerprint density at radius 3 is 2.35 bits per heavy atom. The molecule has 1 atom stereocenters. The highest BCUT2D eigenvalue weighted by Crippen LogP contribution is 2.00. The fourth-order valence-corrected chi connectivity index (χ4v) is 2.27. The highest BCUT2D eigenvalue weighted by Gasteiger charge is 2.25. The van der Waals surface area contributed by atoms with Crippen molar-refractivity contribution in [2.24, 2.45) is 0 Å². The first-order valence-electron chi connectivity index (χ1n) is 5.20. The number of aliphatic carboxylic acids is 1. The van der Waals surface area contributed by atoms with E-state index >= 15 is 0 Å². The standard InChI is InChI=1S/C9H17NO6S/c1-3-5-7(9(12)13)10-17(14,15)6-8(11)16-4-2/h7,10H,3-6H2,1-2H3,(H,12,13)/t7-/m0/s1. The van der Waals surface area contributed by atoms with Gasteiger partial charge in [-0.2, -0.15) is 0 Å². The van der Waals surface area contributed by atoms with Crippen molar-refractivity contribution in [3.8, 4) is 0 Å². The fourth-order valence-electron chi connectivity index (χ4n) is 1.14. The lowest BCUT2D eigenvalue weighted by molar-refractivity contribution is -0.141. The Kier molecular flexibility index (Phi) is 6.74. The summed E-state index contributed by atoms with van der Waals surface area (Å²) in [6.45, 7) is 3.36. The van der Waals surface area contributed by atoms with Crippen LogP contribution in [0.3, 0.4) is 0 Å². The van der Waals surface area contributed by atoms with Crippen LogP contribution in [0.1, 0.15) is 26.7 Å². The number of esters is 1. The van der Waals surface area contributed by atoms with E-state index in [0.717, 1.165) is 0 Å². The number of hydrogen-bond acceptors (Lipinski definition) is 5. The maximum atomic E-state index is 11.4. The predicted molar refractivity (Wildman–Crippen MR) is 59.9 cm³/mol. The summed E-state index contributed by atoms with van der Waals surface area (Å²) in [5.74, 6) is -3.03. The van der Waals surface area contributed by atoms with Crippen molar-refractivity contribution >= 4 is 22.0 Å². The molecule has 0 fully saturated rings. The van der Waals surface area contributed by atoms with E-state index in [2.05, 4.69) is 4.74 Å². The van der Waals surface area contributed by atoms with Gasteiger partial charge in [-0.1, -0.05) is 13.3 Å². The van der Waals surface area contributed by atoms with Crippen molar-refractivity contribution in [1.29, 1.82) is 0 Å². The molecule has 0 spiro atoms. The Hall–Kier alpha value is -1.15. The Morgan fingerprint density at radius 2 is 1.94 bits per heavy atom. The third-order valence-electron chi connectivity index (χ3n) is 1.81. The normalized spacial score (nSPS) is 13.1. The van der Waals surface area contributed by atoms with Crippen LogP contribution < -0.4 is 4.72 Å². The van der Waals surface area contributed by atoms with Gasteiger partial charge < -0.3 is 9.84 Å². The molecule has 0 amide bonds. The highest BCUT2D eigenvalue weighted by molar-refractivity contribution is 7.90. The van der Waals surface area contributed by atoms with Gasteiger partial charge in [-0.25, -0.2) is 13.1 Å². The van der Waals surface area contributed by atoms with E-state index in [1.807, 2.05) is 4.72 Å². The number of carbonyl (C=O) groups excluding carboxylic acids is 1. The molecule has 0 radical (unpaired) electrons. The summed E-state index contributed by atoms with van der Waals surface area (Å²) in [5.41, 5.74) is 0. The second-order valence-corrected chi connectivity index (χ2v) is 5.12. The molecule has 2 N–H and O–H groups in total. The number of nitrogens with one attached hydrogen (secondary N) is 1. The smallest absolute Gasteiger partial charge is 0.322 e. The van der Waals surface area contributed by atoms with Crippen molar-refractivity contribution in [2.75, 3.05) is 12.4 Å². The minimum atomic E-state index is -3.97. The average Bonchev–Trinajstić information content (AvgIpc) is 2.15. The number of carboxylic acids is 1. The second-order valence-electron chi connectivity index (χ2n) is 3.36. The minimum Gasteiger partial charge on any atom is -0.480 e. The molecule has 0 aromatic carbocycles. The van der Waals surface area contributed by atoms with Crippen LogP contribution in [0.5, 0.6) is 0 Å². The van der Waals surface area contributed by atoms with Gasteiger partial charge in [0.25, 0.3) is 0 Å². The molecule has 0 aliphatic carbocycles. The number of rotatable bonds is 8. The lowest BCUT2D eigenvalue weighted by atomic mass is 10.2. The first-order valence-corrected chi connectivity index (χ1v) is 6.86. The fraction of sp³-hybridized carbons (Fsp3) is 0.778. The molecule has 0 aromatic rings. The van der Waals surface area contributed by atoms with Gasteiger partial charge in [0.2, 0.25) is 10.0 Å². The third kappa shape index (κ3) is 6.90. The average molecular weight is 267 g/mol. The van der Waals surface area contributed by atoms with Crippen LogP contribution in [0.25, 0.3) is 0 Å². The monoisotopic (exact) mass is 267 g/mol. The quantitative estimate of drug-likeness (QED) is 0.585. The van der Waals surface area contributed by atoms with Crippen LogP contribution in [-0.4, -0.2) is 43.9 Å². The van der Waals surface area contributed by atoms with Crippen molar-refractivity contribution in [2.45, 2.75) is 32.7 Å². The van der Waals surface area contributed by atoms with Crippen molar-refractivity contribution < 1.29 is 27.9 Å². The Bertz CT molecular complexity index is 364. The highest BCUT2D eigenvalue weighted by atomic mass is 32.2. The zero-order valence-corrected chi connectivity index (χ0v) is 10.6. The Balaban J connectivity index is 4.50. The summed E-state index contributed by atoms with van der Waals surface area (Å²) in [6.07, 6.45) is 0.677. The van der Waals surface area contributed by atoms with Crippen molar-refractivity contribution in [1.82, 2.24) is 4.72 Å². The van der Waals surface area contributed by atoms with Crippen LogP contribution in [0.2, 0.25) is 0 Å². The number of carbonyl (C=O) groups is 2. The van der Waals surface area contributed by atoms with E-state index in [1.165, 1.54) is 0 Å². The zero-order chi connectivity index (χ0) is 13.5. The largest absolute Gasteiger partial charge is 0.480 e. The molecule has 17 heavy (non-hydrogen) atoms. The van der Waals surface area contributed by atoms with E-state index < -0.39 is 33.8 Å². The molecule has 0 bridgehead atoms. The zero-order valence-electron chi connectivity index (χ0n) is 9.80. The maximum Gasteiger partial charge on any atom is 0.322 e. The van der Waals surface area contributed by atoms with Gasteiger partial charge in [0, 0.05) is 0 Å². The molecule has 7 nitrogen and oxygen atoms in total. The summed E-state index contributed by atoms with van der Waals surface area (Å²) in [6, 6.07) is -1.21. The molecule has 0 rings (SSSR count). The van der Waals surface area contributed by atoms with Gasteiger partial charge in [-0.05, 0) is 13.3 Å². The molecule has 0 aromatic heterocycles. The lowest BCUT2D eigenvalue weighted by Crippen LogP contribution is -2.43. The van der Waals surface area contributed by atoms with Crippen LogP contribution in [0.4, 0.5) is 0 Å². The summed E-state index contributed by atoms with van der Waals surface area (Å²) >= 11 is 0. The summed E-state index contributed by atoms with van der Waals surface area (Å²) < 4.78 is 29.3. The van der Waals surface area contributed by atoms with E-state index in [4.69, 9.17) is 5.11 Å². The molecular formula is C9H17NO6S. The molecule has 0 unspecified atom stereocenters. The third-order valence-corrected chi connectivity index (χ3v) is 3.07. The van der Waals surface area contributed by atoms with Crippen LogP contribution in [0.15, 0.2) is 0 Å². The molecule has 0 aliphatic heterocycles. The van der Waals surface area contributed by atoms with E-state index in [9.17, 15) is 18.0 Å².